The lowest BCUT2D eigenvalue weighted by atomic mass is 10.1. The molecule has 0 saturated carbocycles. The number of rotatable bonds is 4. The maximum absolute atomic E-state index is 12.3. The van der Waals surface area contributed by atoms with Gasteiger partial charge in [0.2, 0.25) is 0 Å². The molecule has 1 fully saturated rings. The highest BCUT2D eigenvalue weighted by Gasteiger charge is 2.34. The van der Waals surface area contributed by atoms with Crippen molar-refractivity contribution in [3.8, 4) is 0 Å². The first kappa shape index (κ1) is 13.9. The van der Waals surface area contributed by atoms with E-state index in [1.807, 2.05) is 30.4 Å². The maximum atomic E-state index is 12.3. The molecule has 0 radical (unpaired) electrons. The van der Waals surface area contributed by atoms with E-state index >= 15 is 0 Å². The van der Waals surface area contributed by atoms with Gasteiger partial charge in [-0.3, -0.25) is 9.48 Å². The molecule has 112 valence electrons. The summed E-state index contributed by atoms with van der Waals surface area (Å²) in [4.78, 5) is 18.6. The van der Waals surface area contributed by atoms with Crippen LogP contribution in [0.5, 0.6) is 0 Å². The molecule has 3 heterocycles. The van der Waals surface area contributed by atoms with Crippen LogP contribution >= 0.6 is 0 Å². The van der Waals surface area contributed by atoms with Crippen LogP contribution < -0.4 is 0 Å². The number of imidazole rings is 1. The van der Waals surface area contributed by atoms with Crippen LogP contribution in [0.25, 0.3) is 0 Å². The van der Waals surface area contributed by atoms with Crippen molar-refractivity contribution in [3.63, 3.8) is 0 Å². The van der Waals surface area contributed by atoms with E-state index in [0.717, 1.165) is 25.5 Å². The zero-order chi connectivity index (χ0) is 15.0. The summed E-state index contributed by atoms with van der Waals surface area (Å²) in [7, 11) is 0. The summed E-state index contributed by atoms with van der Waals surface area (Å²) in [6.07, 6.45) is 5.69. The normalized spacial score (nSPS) is 15.5. The molecule has 2 aromatic rings. The number of likely N-dealkylation sites (tertiary alicyclic amines) is 1. The van der Waals surface area contributed by atoms with E-state index < -0.39 is 0 Å². The SMILES string of the molecule is CCn1ccc(C(=O)N2CC(n3ccnc3C(C)C)C2)n1. The molecule has 0 bridgehead atoms. The highest BCUT2D eigenvalue weighted by Crippen LogP contribution is 2.26. The molecule has 1 aliphatic rings. The third kappa shape index (κ3) is 2.46. The van der Waals surface area contributed by atoms with Gasteiger partial charge in [0, 0.05) is 44.1 Å². The van der Waals surface area contributed by atoms with Gasteiger partial charge in [-0.25, -0.2) is 4.98 Å². The fraction of sp³-hybridized carbons (Fsp3) is 0.533. The molecule has 2 aromatic heterocycles. The van der Waals surface area contributed by atoms with Gasteiger partial charge in [-0.1, -0.05) is 13.8 Å². The minimum Gasteiger partial charge on any atom is -0.333 e. The molecule has 0 aliphatic carbocycles. The first-order chi connectivity index (χ1) is 10.1. The summed E-state index contributed by atoms with van der Waals surface area (Å²) in [5.74, 6) is 1.50. The van der Waals surface area contributed by atoms with Crippen LogP contribution in [0.2, 0.25) is 0 Å². The lowest BCUT2D eigenvalue weighted by Crippen LogP contribution is -2.51. The Morgan fingerprint density at radius 1 is 1.38 bits per heavy atom. The standard InChI is InChI=1S/C15H21N5O/c1-4-19-7-5-13(17-19)15(21)18-9-12(10-18)20-8-6-16-14(20)11(2)3/h5-8,11-12H,4,9-10H2,1-3H3. The van der Waals surface area contributed by atoms with Crippen molar-refractivity contribution >= 4 is 5.91 Å². The second kappa shape index (κ2) is 5.35. The van der Waals surface area contributed by atoms with Gasteiger partial charge in [-0.15, -0.1) is 0 Å². The summed E-state index contributed by atoms with van der Waals surface area (Å²) in [6.45, 7) is 8.52. The predicted molar refractivity (Wildman–Crippen MR) is 79.2 cm³/mol. The van der Waals surface area contributed by atoms with Crippen molar-refractivity contribution in [1.82, 2.24) is 24.2 Å². The van der Waals surface area contributed by atoms with Gasteiger partial charge in [0.15, 0.2) is 0 Å². The van der Waals surface area contributed by atoms with Gasteiger partial charge in [0.25, 0.3) is 5.91 Å². The third-order valence-corrected chi connectivity index (χ3v) is 3.94. The van der Waals surface area contributed by atoms with Gasteiger partial charge in [0.05, 0.1) is 6.04 Å². The highest BCUT2D eigenvalue weighted by molar-refractivity contribution is 5.92. The van der Waals surface area contributed by atoms with Crippen molar-refractivity contribution in [2.75, 3.05) is 13.1 Å². The molecule has 0 N–H and O–H groups in total. The molecule has 0 atom stereocenters. The van der Waals surface area contributed by atoms with E-state index in [1.165, 1.54) is 0 Å². The van der Waals surface area contributed by atoms with Crippen LogP contribution in [0, 0.1) is 0 Å². The monoisotopic (exact) mass is 287 g/mol. The molecule has 6 nitrogen and oxygen atoms in total. The van der Waals surface area contributed by atoms with Crippen LogP contribution in [0.15, 0.2) is 24.7 Å². The second-order valence-electron chi connectivity index (χ2n) is 5.77. The smallest absolute Gasteiger partial charge is 0.274 e. The molecular formula is C15H21N5O. The van der Waals surface area contributed by atoms with Crippen LogP contribution in [0.1, 0.15) is 49.0 Å². The minimum atomic E-state index is 0.0182. The number of carbonyl (C=O) groups excluding carboxylic acids is 1. The van der Waals surface area contributed by atoms with E-state index in [2.05, 4.69) is 28.5 Å². The Balaban J connectivity index is 1.65. The van der Waals surface area contributed by atoms with Crippen LogP contribution in [0.3, 0.4) is 0 Å². The van der Waals surface area contributed by atoms with Gasteiger partial charge < -0.3 is 9.47 Å². The molecule has 0 aromatic carbocycles. The minimum absolute atomic E-state index is 0.0182. The van der Waals surface area contributed by atoms with E-state index in [1.54, 1.807) is 10.7 Å². The molecule has 3 rings (SSSR count). The Labute approximate surface area is 124 Å². The zero-order valence-corrected chi connectivity index (χ0v) is 12.7. The quantitative estimate of drug-likeness (QED) is 0.863. The number of hydrogen-bond acceptors (Lipinski definition) is 3. The maximum Gasteiger partial charge on any atom is 0.274 e. The highest BCUT2D eigenvalue weighted by atomic mass is 16.2. The molecule has 0 unspecified atom stereocenters. The number of hydrogen-bond donors (Lipinski definition) is 0. The lowest BCUT2D eigenvalue weighted by molar-refractivity contribution is 0.0508. The summed E-state index contributed by atoms with van der Waals surface area (Å²) >= 11 is 0. The largest absolute Gasteiger partial charge is 0.333 e. The Kier molecular flexibility index (Phi) is 3.53. The fourth-order valence-corrected chi connectivity index (χ4v) is 2.69. The van der Waals surface area contributed by atoms with E-state index in [0.29, 0.717) is 17.7 Å². The fourth-order valence-electron chi connectivity index (χ4n) is 2.69. The van der Waals surface area contributed by atoms with Crippen LogP contribution in [0.4, 0.5) is 0 Å². The third-order valence-electron chi connectivity index (χ3n) is 3.94. The van der Waals surface area contributed by atoms with Crippen LogP contribution in [-0.4, -0.2) is 43.2 Å². The van der Waals surface area contributed by atoms with Gasteiger partial charge in [0.1, 0.15) is 11.5 Å². The van der Waals surface area contributed by atoms with Crippen molar-refractivity contribution in [1.29, 1.82) is 0 Å². The molecule has 21 heavy (non-hydrogen) atoms. The number of carbonyl (C=O) groups is 1. The Morgan fingerprint density at radius 2 is 2.14 bits per heavy atom. The summed E-state index contributed by atoms with van der Waals surface area (Å²) in [5, 5.41) is 4.27. The Morgan fingerprint density at radius 3 is 2.76 bits per heavy atom. The first-order valence-electron chi connectivity index (χ1n) is 7.45. The molecule has 1 amide bonds. The molecule has 6 heteroatoms. The topological polar surface area (TPSA) is 56.0 Å². The van der Waals surface area contributed by atoms with E-state index in [4.69, 9.17) is 0 Å². The number of nitrogens with zero attached hydrogens (tertiary/aromatic N) is 5. The first-order valence-corrected chi connectivity index (χ1v) is 7.45. The average Bonchev–Trinajstić information content (AvgIpc) is 3.05. The van der Waals surface area contributed by atoms with Crippen molar-refractivity contribution in [3.05, 3.63) is 36.2 Å². The Bertz CT molecular complexity index is 636. The van der Waals surface area contributed by atoms with Gasteiger partial charge >= 0.3 is 0 Å². The summed E-state index contributed by atoms with van der Waals surface area (Å²) < 4.78 is 3.97. The van der Waals surface area contributed by atoms with Crippen molar-refractivity contribution in [2.24, 2.45) is 0 Å². The van der Waals surface area contributed by atoms with Crippen molar-refractivity contribution < 1.29 is 4.79 Å². The lowest BCUT2D eigenvalue weighted by Gasteiger charge is -2.40. The zero-order valence-electron chi connectivity index (χ0n) is 12.7. The number of aromatic nitrogens is 4. The molecule has 1 aliphatic heterocycles. The second-order valence-corrected chi connectivity index (χ2v) is 5.77. The van der Waals surface area contributed by atoms with Crippen LogP contribution in [-0.2, 0) is 6.54 Å². The van der Waals surface area contributed by atoms with E-state index in [-0.39, 0.29) is 5.91 Å². The van der Waals surface area contributed by atoms with Crippen molar-refractivity contribution in [2.45, 2.75) is 39.3 Å². The Hall–Kier alpha value is -2.11. The average molecular weight is 287 g/mol. The molecular weight excluding hydrogens is 266 g/mol. The summed E-state index contributed by atoms with van der Waals surface area (Å²) in [5.41, 5.74) is 0.532. The number of amides is 1. The van der Waals surface area contributed by atoms with E-state index in [9.17, 15) is 4.79 Å². The predicted octanol–water partition coefficient (Wildman–Crippen LogP) is 1.92. The van der Waals surface area contributed by atoms with Gasteiger partial charge in [-0.05, 0) is 13.0 Å². The summed E-state index contributed by atoms with van der Waals surface area (Å²) in [6, 6.07) is 2.12. The van der Waals surface area contributed by atoms with Gasteiger partial charge in [-0.2, -0.15) is 5.10 Å². The molecule has 0 spiro atoms. The molecule has 1 saturated heterocycles. The number of aryl methyl sites for hydroxylation is 1.